The Morgan fingerprint density at radius 3 is 2.30 bits per heavy atom. The summed E-state index contributed by atoms with van der Waals surface area (Å²) in [5.74, 6) is -0.0616. The number of benzene rings is 1. The van der Waals surface area contributed by atoms with Crippen molar-refractivity contribution < 1.29 is 14.3 Å². The summed E-state index contributed by atoms with van der Waals surface area (Å²) in [5.41, 5.74) is 0.174. The molecular formula is C18H27N2O3. The highest BCUT2D eigenvalue weighted by molar-refractivity contribution is 5.93. The zero-order valence-corrected chi connectivity index (χ0v) is 14.3. The van der Waals surface area contributed by atoms with Gasteiger partial charge in [0.2, 0.25) is 0 Å². The number of alkyl carbamates (subject to hydrolysis) is 1. The molecule has 0 saturated carbocycles. The SMILES string of the molecule is CC(C)(C)OC(=O)NCCCCCCNC(=O)c1c[c]ccc1. The van der Waals surface area contributed by atoms with Gasteiger partial charge in [0, 0.05) is 18.7 Å². The van der Waals surface area contributed by atoms with Gasteiger partial charge in [0.25, 0.3) is 5.91 Å². The van der Waals surface area contributed by atoms with Gasteiger partial charge in [-0.1, -0.05) is 25.0 Å². The molecule has 0 spiro atoms. The second-order valence-corrected chi connectivity index (χ2v) is 6.39. The van der Waals surface area contributed by atoms with Crippen molar-refractivity contribution in [1.29, 1.82) is 0 Å². The van der Waals surface area contributed by atoms with Crippen LogP contribution in [0.15, 0.2) is 24.3 Å². The zero-order valence-electron chi connectivity index (χ0n) is 14.3. The van der Waals surface area contributed by atoms with Crippen LogP contribution in [-0.2, 0) is 4.74 Å². The summed E-state index contributed by atoms with van der Waals surface area (Å²) in [5, 5.41) is 5.62. The van der Waals surface area contributed by atoms with Gasteiger partial charge >= 0.3 is 6.09 Å². The Bertz CT molecular complexity index is 481. The number of hydrogen-bond donors (Lipinski definition) is 2. The van der Waals surface area contributed by atoms with E-state index in [2.05, 4.69) is 16.7 Å². The fourth-order valence-electron chi connectivity index (χ4n) is 1.95. The Hall–Kier alpha value is -2.04. The molecule has 127 valence electrons. The van der Waals surface area contributed by atoms with Crippen LogP contribution in [0.2, 0.25) is 0 Å². The summed E-state index contributed by atoms with van der Waals surface area (Å²) >= 11 is 0. The summed E-state index contributed by atoms with van der Waals surface area (Å²) in [7, 11) is 0. The number of rotatable bonds is 8. The van der Waals surface area contributed by atoms with E-state index in [1.54, 1.807) is 24.3 Å². The van der Waals surface area contributed by atoms with E-state index < -0.39 is 5.60 Å². The van der Waals surface area contributed by atoms with Gasteiger partial charge in [0.1, 0.15) is 5.60 Å². The zero-order chi connectivity index (χ0) is 17.1. The average molecular weight is 319 g/mol. The minimum Gasteiger partial charge on any atom is -0.444 e. The van der Waals surface area contributed by atoms with Crippen LogP contribution in [0.25, 0.3) is 0 Å². The molecule has 0 aliphatic heterocycles. The van der Waals surface area contributed by atoms with Gasteiger partial charge in [0.15, 0.2) is 0 Å². The lowest BCUT2D eigenvalue weighted by Gasteiger charge is -2.19. The Labute approximate surface area is 138 Å². The molecule has 0 unspecified atom stereocenters. The number of nitrogens with one attached hydrogen (secondary N) is 2. The standard InChI is InChI=1S/C18H27N2O3/c1-18(2,3)23-17(22)20-14-10-5-4-9-13-19-16(21)15-11-7-6-8-12-15/h6-7,11-12H,4-5,9-10,13-14H2,1-3H3,(H,19,21)(H,20,22). The van der Waals surface area contributed by atoms with E-state index in [0.29, 0.717) is 18.7 Å². The van der Waals surface area contributed by atoms with Gasteiger partial charge in [-0.2, -0.15) is 0 Å². The summed E-state index contributed by atoms with van der Waals surface area (Å²) in [4.78, 5) is 23.2. The third-order valence-corrected chi connectivity index (χ3v) is 3.03. The summed E-state index contributed by atoms with van der Waals surface area (Å²) in [6, 6.07) is 9.90. The maximum absolute atomic E-state index is 11.8. The quantitative estimate of drug-likeness (QED) is 0.722. The molecule has 1 radical (unpaired) electrons. The number of hydrogen-bond acceptors (Lipinski definition) is 3. The van der Waals surface area contributed by atoms with Crippen LogP contribution >= 0.6 is 0 Å². The third-order valence-electron chi connectivity index (χ3n) is 3.03. The van der Waals surface area contributed by atoms with Crippen LogP contribution < -0.4 is 10.6 Å². The van der Waals surface area contributed by atoms with Gasteiger partial charge in [-0.15, -0.1) is 0 Å². The number of unbranched alkanes of at least 4 members (excludes halogenated alkanes) is 3. The predicted molar refractivity (Wildman–Crippen MR) is 90.3 cm³/mol. The monoisotopic (exact) mass is 319 g/mol. The Balaban J connectivity index is 1.98. The first-order valence-electron chi connectivity index (χ1n) is 8.09. The maximum Gasteiger partial charge on any atom is 0.407 e. The molecule has 0 aliphatic carbocycles. The van der Waals surface area contributed by atoms with E-state index in [9.17, 15) is 9.59 Å². The molecule has 1 aromatic rings. The minimum absolute atomic E-state index is 0.0616. The first-order chi connectivity index (χ1) is 10.9. The summed E-state index contributed by atoms with van der Waals surface area (Å²) < 4.78 is 5.15. The molecule has 0 heterocycles. The molecule has 2 N–H and O–H groups in total. The summed E-state index contributed by atoms with van der Waals surface area (Å²) in [6.07, 6.45) is 3.47. The minimum atomic E-state index is -0.460. The first kappa shape index (κ1) is 19.0. The molecule has 1 aromatic carbocycles. The van der Waals surface area contributed by atoms with E-state index in [4.69, 9.17) is 4.74 Å². The van der Waals surface area contributed by atoms with Crippen molar-refractivity contribution in [1.82, 2.24) is 10.6 Å². The van der Waals surface area contributed by atoms with Gasteiger partial charge in [0.05, 0.1) is 0 Å². The average Bonchev–Trinajstić information content (AvgIpc) is 2.48. The lowest BCUT2D eigenvalue weighted by Crippen LogP contribution is -2.33. The maximum atomic E-state index is 11.8. The summed E-state index contributed by atoms with van der Waals surface area (Å²) in [6.45, 7) is 6.80. The van der Waals surface area contributed by atoms with Gasteiger partial charge in [-0.25, -0.2) is 4.79 Å². The van der Waals surface area contributed by atoms with Gasteiger partial charge in [-0.05, 0) is 51.8 Å². The predicted octanol–water partition coefficient (Wildman–Crippen LogP) is 3.30. The molecule has 23 heavy (non-hydrogen) atoms. The molecular weight excluding hydrogens is 292 g/mol. The lowest BCUT2D eigenvalue weighted by atomic mass is 10.2. The molecule has 0 saturated heterocycles. The van der Waals surface area contributed by atoms with E-state index >= 15 is 0 Å². The third kappa shape index (κ3) is 9.55. The molecule has 0 atom stereocenters. The topological polar surface area (TPSA) is 67.4 Å². The number of carbonyl (C=O) groups excluding carboxylic acids is 2. The van der Waals surface area contributed by atoms with Crippen LogP contribution in [-0.4, -0.2) is 30.7 Å². The van der Waals surface area contributed by atoms with Crippen molar-refractivity contribution in [3.05, 3.63) is 35.9 Å². The Morgan fingerprint density at radius 2 is 1.74 bits per heavy atom. The van der Waals surface area contributed by atoms with Crippen LogP contribution in [0.1, 0.15) is 56.8 Å². The number of ether oxygens (including phenoxy) is 1. The van der Waals surface area contributed by atoms with E-state index in [-0.39, 0.29) is 12.0 Å². The van der Waals surface area contributed by atoms with Crippen molar-refractivity contribution in [2.24, 2.45) is 0 Å². The Kier molecular flexibility index (Phi) is 8.16. The normalized spacial score (nSPS) is 10.9. The smallest absolute Gasteiger partial charge is 0.407 e. The molecule has 0 aliphatic rings. The van der Waals surface area contributed by atoms with Crippen LogP contribution in [0.5, 0.6) is 0 Å². The number of amides is 2. The van der Waals surface area contributed by atoms with Crippen LogP contribution in [0.3, 0.4) is 0 Å². The molecule has 0 fully saturated rings. The molecule has 0 bridgehead atoms. The van der Waals surface area contributed by atoms with Crippen molar-refractivity contribution in [2.75, 3.05) is 13.1 Å². The van der Waals surface area contributed by atoms with Gasteiger partial charge in [-0.3, -0.25) is 4.79 Å². The highest BCUT2D eigenvalue weighted by Crippen LogP contribution is 2.06. The fraction of sp³-hybridized carbons (Fsp3) is 0.556. The Morgan fingerprint density at radius 1 is 1.09 bits per heavy atom. The van der Waals surface area contributed by atoms with E-state index in [1.165, 1.54) is 0 Å². The van der Waals surface area contributed by atoms with Crippen molar-refractivity contribution in [2.45, 2.75) is 52.1 Å². The second-order valence-electron chi connectivity index (χ2n) is 6.39. The van der Waals surface area contributed by atoms with E-state index in [0.717, 1.165) is 25.7 Å². The van der Waals surface area contributed by atoms with Crippen molar-refractivity contribution in [3.63, 3.8) is 0 Å². The fourth-order valence-corrected chi connectivity index (χ4v) is 1.95. The molecule has 5 nitrogen and oxygen atoms in total. The van der Waals surface area contributed by atoms with Crippen molar-refractivity contribution >= 4 is 12.0 Å². The molecule has 0 aromatic heterocycles. The lowest BCUT2D eigenvalue weighted by molar-refractivity contribution is 0.0526. The van der Waals surface area contributed by atoms with Gasteiger partial charge < -0.3 is 15.4 Å². The second kappa shape index (κ2) is 9.87. The molecule has 2 amide bonds. The van der Waals surface area contributed by atoms with Crippen LogP contribution in [0, 0.1) is 6.07 Å². The highest BCUT2D eigenvalue weighted by atomic mass is 16.6. The first-order valence-corrected chi connectivity index (χ1v) is 8.09. The number of carbonyl (C=O) groups is 2. The van der Waals surface area contributed by atoms with Crippen LogP contribution in [0.4, 0.5) is 4.79 Å². The molecule has 5 heteroatoms. The largest absolute Gasteiger partial charge is 0.444 e. The van der Waals surface area contributed by atoms with Crippen molar-refractivity contribution in [3.8, 4) is 0 Å². The van der Waals surface area contributed by atoms with E-state index in [1.807, 2.05) is 20.8 Å². The molecule has 1 rings (SSSR count). The highest BCUT2D eigenvalue weighted by Gasteiger charge is 2.15.